The summed E-state index contributed by atoms with van der Waals surface area (Å²) in [5.74, 6) is 0.0718. The van der Waals surface area contributed by atoms with Crippen molar-refractivity contribution in [3.63, 3.8) is 0 Å². The molecule has 1 N–H and O–H groups in total. The van der Waals surface area contributed by atoms with Crippen molar-refractivity contribution in [3.05, 3.63) is 46.2 Å². The number of alkyl carbamates (subject to hydrolysis) is 1. The lowest BCUT2D eigenvalue weighted by atomic mass is 9.95. The van der Waals surface area contributed by atoms with Gasteiger partial charge < -0.3 is 15.0 Å². The van der Waals surface area contributed by atoms with E-state index in [2.05, 4.69) is 12.2 Å². The normalized spacial score (nSPS) is 22.8. The summed E-state index contributed by atoms with van der Waals surface area (Å²) in [6.45, 7) is 3.91. The van der Waals surface area contributed by atoms with Crippen LogP contribution in [0.15, 0.2) is 35.7 Å². The highest BCUT2D eigenvalue weighted by Crippen LogP contribution is 2.35. The molecule has 1 aromatic heterocycles. The molecular weight excluding hydrogens is 348 g/mol. The number of aryl methyl sites for hydroxylation is 1. The maximum Gasteiger partial charge on any atom is 0.407 e. The van der Waals surface area contributed by atoms with Crippen LogP contribution in [0.2, 0.25) is 0 Å². The minimum absolute atomic E-state index is 0.0718. The summed E-state index contributed by atoms with van der Waals surface area (Å²) < 4.78 is 5.51. The fourth-order valence-corrected chi connectivity index (χ4v) is 4.76. The monoisotopic (exact) mass is 370 g/mol. The number of rotatable bonds is 2. The first-order chi connectivity index (χ1) is 12.6. The maximum absolute atomic E-state index is 13.2. The number of amides is 2. The molecule has 0 radical (unpaired) electrons. The van der Waals surface area contributed by atoms with Crippen LogP contribution in [0.25, 0.3) is 11.1 Å². The molecule has 26 heavy (non-hydrogen) atoms. The van der Waals surface area contributed by atoms with Gasteiger partial charge in [0.2, 0.25) is 0 Å². The Morgan fingerprint density at radius 2 is 2.04 bits per heavy atom. The Labute approximate surface area is 157 Å². The third kappa shape index (κ3) is 3.09. The van der Waals surface area contributed by atoms with Gasteiger partial charge in [-0.2, -0.15) is 0 Å². The molecule has 0 bridgehead atoms. The summed E-state index contributed by atoms with van der Waals surface area (Å²) in [5, 5.41) is 4.72. The zero-order valence-corrected chi connectivity index (χ0v) is 15.6. The first kappa shape index (κ1) is 17.1. The number of hydrogen-bond acceptors (Lipinski definition) is 4. The molecule has 2 aromatic rings. The van der Waals surface area contributed by atoms with Gasteiger partial charge in [0.25, 0.3) is 5.91 Å². The molecule has 1 unspecified atom stereocenters. The summed E-state index contributed by atoms with van der Waals surface area (Å²) >= 11 is 1.62. The van der Waals surface area contributed by atoms with Gasteiger partial charge in [-0.1, -0.05) is 30.3 Å². The highest BCUT2D eigenvalue weighted by molar-refractivity contribution is 7.10. The molecule has 0 saturated carbocycles. The van der Waals surface area contributed by atoms with E-state index < -0.39 is 5.60 Å². The van der Waals surface area contributed by atoms with E-state index in [1.54, 1.807) is 11.3 Å². The van der Waals surface area contributed by atoms with E-state index in [4.69, 9.17) is 4.74 Å². The number of nitrogens with zero attached hydrogens (tertiary/aromatic N) is 1. The van der Waals surface area contributed by atoms with Crippen LogP contribution in [0.4, 0.5) is 4.79 Å². The molecule has 0 aliphatic carbocycles. The third-order valence-corrected chi connectivity index (χ3v) is 6.23. The second kappa shape index (κ2) is 6.76. The lowest BCUT2D eigenvalue weighted by Crippen LogP contribution is -2.36. The number of carbonyl (C=O) groups is 2. The van der Waals surface area contributed by atoms with Crippen molar-refractivity contribution in [3.8, 4) is 11.1 Å². The molecule has 2 aliphatic rings. The van der Waals surface area contributed by atoms with Gasteiger partial charge in [0.05, 0.1) is 12.1 Å². The fraction of sp³-hybridized carbons (Fsp3) is 0.400. The van der Waals surface area contributed by atoms with Crippen molar-refractivity contribution < 1.29 is 14.3 Å². The van der Waals surface area contributed by atoms with Crippen LogP contribution in [0.5, 0.6) is 0 Å². The van der Waals surface area contributed by atoms with E-state index in [1.165, 1.54) is 0 Å². The molecule has 3 heterocycles. The molecule has 1 atom stereocenters. The Morgan fingerprint density at radius 1 is 1.23 bits per heavy atom. The van der Waals surface area contributed by atoms with Crippen LogP contribution in [0.3, 0.4) is 0 Å². The van der Waals surface area contributed by atoms with Gasteiger partial charge in [-0.15, -0.1) is 11.3 Å². The quantitative estimate of drug-likeness (QED) is 0.874. The van der Waals surface area contributed by atoms with E-state index in [0.717, 1.165) is 34.4 Å². The summed E-state index contributed by atoms with van der Waals surface area (Å²) in [4.78, 5) is 27.8. The molecule has 2 aliphatic heterocycles. The van der Waals surface area contributed by atoms with Crippen molar-refractivity contribution in [1.29, 1.82) is 0 Å². The summed E-state index contributed by atoms with van der Waals surface area (Å²) in [6, 6.07) is 10.1. The van der Waals surface area contributed by atoms with E-state index in [1.807, 2.05) is 40.6 Å². The first-order valence-corrected chi connectivity index (χ1v) is 9.86. The number of thiophene rings is 1. The average molecular weight is 370 g/mol. The van der Waals surface area contributed by atoms with E-state index >= 15 is 0 Å². The number of carbonyl (C=O) groups excluding carboxylic acids is 2. The molecule has 1 aromatic carbocycles. The molecule has 2 amide bonds. The summed E-state index contributed by atoms with van der Waals surface area (Å²) in [6.07, 6.45) is 1.97. The van der Waals surface area contributed by atoms with Gasteiger partial charge in [0.15, 0.2) is 0 Å². The van der Waals surface area contributed by atoms with Crippen LogP contribution >= 0.6 is 11.3 Å². The average Bonchev–Trinajstić information content (AvgIpc) is 3.13. The lowest BCUT2D eigenvalue weighted by molar-refractivity contribution is 0.0439. The molecular formula is C20H22N2O3S. The van der Waals surface area contributed by atoms with E-state index in [-0.39, 0.29) is 12.0 Å². The minimum atomic E-state index is -0.445. The maximum atomic E-state index is 13.2. The third-order valence-electron chi connectivity index (χ3n) is 5.32. The van der Waals surface area contributed by atoms with Crippen molar-refractivity contribution >= 4 is 23.3 Å². The molecule has 1 spiro atoms. The number of benzene rings is 1. The van der Waals surface area contributed by atoms with Crippen LogP contribution in [-0.2, 0) is 4.74 Å². The Morgan fingerprint density at radius 3 is 2.77 bits per heavy atom. The van der Waals surface area contributed by atoms with Crippen LogP contribution in [0.1, 0.15) is 34.5 Å². The van der Waals surface area contributed by atoms with Gasteiger partial charge in [0, 0.05) is 35.3 Å². The van der Waals surface area contributed by atoms with Gasteiger partial charge in [-0.05, 0) is 25.3 Å². The topological polar surface area (TPSA) is 58.6 Å². The van der Waals surface area contributed by atoms with Gasteiger partial charge in [-0.3, -0.25) is 4.79 Å². The molecule has 2 saturated heterocycles. The number of ether oxygens (including phenoxy) is 1. The number of hydrogen-bond donors (Lipinski definition) is 1. The fourth-order valence-electron chi connectivity index (χ4n) is 3.90. The first-order valence-electron chi connectivity index (χ1n) is 8.98. The molecule has 2 fully saturated rings. The number of nitrogens with one attached hydrogen (secondary N) is 1. The Bertz CT molecular complexity index is 833. The Kier molecular flexibility index (Phi) is 4.44. The van der Waals surface area contributed by atoms with E-state index in [0.29, 0.717) is 26.1 Å². The molecule has 4 rings (SSSR count). The minimum Gasteiger partial charge on any atom is -0.441 e. The van der Waals surface area contributed by atoms with Crippen LogP contribution in [0, 0.1) is 6.92 Å². The lowest BCUT2D eigenvalue weighted by Gasteiger charge is -2.25. The molecule has 136 valence electrons. The smallest absolute Gasteiger partial charge is 0.407 e. The second-order valence-electron chi connectivity index (χ2n) is 7.02. The molecule has 5 nitrogen and oxygen atoms in total. The zero-order chi connectivity index (χ0) is 18.1. The van der Waals surface area contributed by atoms with Crippen molar-refractivity contribution in [2.24, 2.45) is 0 Å². The highest BCUT2D eigenvalue weighted by atomic mass is 32.1. The van der Waals surface area contributed by atoms with Crippen molar-refractivity contribution in [2.75, 3.05) is 19.6 Å². The predicted octanol–water partition coefficient (Wildman–Crippen LogP) is 3.83. The zero-order valence-electron chi connectivity index (χ0n) is 14.8. The van der Waals surface area contributed by atoms with Gasteiger partial charge in [0.1, 0.15) is 5.60 Å². The van der Waals surface area contributed by atoms with Crippen LogP contribution < -0.4 is 5.32 Å². The van der Waals surface area contributed by atoms with E-state index in [9.17, 15) is 9.59 Å². The Balaban J connectivity index is 1.56. The molecule has 6 heteroatoms. The standard InChI is InChI=1S/C20H22N2O3S/c1-14-17(15-6-3-2-4-7-15)16(12-26-14)18(23)22-10-5-8-20(9-11-22)13-21-19(24)25-20/h2-4,6-7,12H,5,8-11,13H2,1H3,(H,21,24). The predicted molar refractivity (Wildman–Crippen MR) is 101 cm³/mol. The largest absolute Gasteiger partial charge is 0.441 e. The SMILES string of the molecule is Cc1scc(C(=O)N2CCCC3(CC2)CNC(=O)O3)c1-c1ccccc1. The van der Waals surface area contributed by atoms with Gasteiger partial charge >= 0.3 is 6.09 Å². The van der Waals surface area contributed by atoms with Crippen LogP contribution in [-0.4, -0.2) is 42.1 Å². The second-order valence-corrected chi connectivity index (χ2v) is 8.10. The summed E-state index contributed by atoms with van der Waals surface area (Å²) in [5.41, 5.74) is 2.44. The van der Waals surface area contributed by atoms with Crippen molar-refractivity contribution in [2.45, 2.75) is 31.8 Å². The highest BCUT2D eigenvalue weighted by Gasteiger charge is 2.42. The Hall–Kier alpha value is -2.34. The summed E-state index contributed by atoms with van der Waals surface area (Å²) in [7, 11) is 0. The van der Waals surface area contributed by atoms with Gasteiger partial charge in [-0.25, -0.2) is 4.79 Å². The number of likely N-dealkylation sites (tertiary alicyclic amines) is 1. The van der Waals surface area contributed by atoms with Crippen molar-refractivity contribution in [1.82, 2.24) is 10.2 Å².